The van der Waals surface area contributed by atoms with Crippen LogP contribution in [0.2, 0.25) is 0 Å². The summed E-state index contributed by atoms with van der Waals surface area (Å²) in [5.74, 6) is -0.0648. The lowest BCUT2D eigenvalue weighted by Gasteiger charge is -1.96. The van der Waals surface area contributed by atoms with Crippen LogP contribution >= 0.6 is 11.8 Å². The summed E-state index contributed by atoms with van der Waals surface area (Å²) < 4.78 is 1.72. The summed E-state index contributed by atoms with van der Waals surface area (Å²) >= 11 is 1.54. The van der Waals surface area contributed by atoms with Crippen LogP contribution in [0.1, 0.15) is 0 Å². The molecule has 0 aromatic heterocycles. The summed E-state index contributed by atoms with van der Waals surface area (Å²) in [6.07, 6.45) is 0. The molecule has 0 saturated heterocycles. The predicted molar refractivity (Wildman–Crippen MR) is 36.1 cm³/mol. The van der Waals surface area contributed by atoms with Gasteiger partial charge in [0.1, 0.15) is 7.05 Å². The third-order valence-corrected chi connectivity index (χ3v) is 2.26. The third kappa shape index (κ3) is 1.24. The number of aliphatic carboxylic acids is 1. The Kier molecular flexibility index (Phi) is 1.75. The Morgan fingerprint density at radius 3 is 2.89 bits per heavy atom. The van der Waals surface area contributed by atoms with Crippen LogP contribution in [0.3, 0.4) is 0 Å². The van der Waals surface area contributed by atoms with E-state index in [-0.39, 0.29) is 6.04 Å². The minimum Gasteiger partial charge on any atom is -0.476 e. The van der Waals surface area contributed by atoms with E-state index in [0.717, 1.165) is 0 Å². The summed E-state index contributed by atoms with van der Waals surface area (Å²) in [5.41, 5.74) is 1.83. The van der Waals surface area contributed by atoms with Crippen molar-refractivity contribution in [1.29, 1.82) is 0 Å². The molecule has 0 fully saturated rings. The minimum atomic E-state index is -0.737. The quantitative estimate of drug-likeness (QED) is 0.523. The molecule has 0 amide bonds. The summed E-state index contributed by atoms with van der Waals surface area (Å²) in [6.45, 7) is 0. The monoisotopic (exact) mass is 146 g/mol. The van der Waals surface area contributed by atoms with E-state index in [1.54, 1.807) is 11.6 Å². The molecule has 50 valence electrons. The van der Waals surface area contributed by atoms with E-state index in [2.05, 4.69) is 0 Å². The lowest BCUT2D eigenvalue weighted by Crippen LogP contribution is -2.29. The zero-order chi connectivity index (χ0) is 6.85. The first-order chi connectivity index (χ1) is 4.22. The van der Waals surface area contributed by atoms with Gasteiger partial charge in [-0.3, -0.25) is 0 Å². The van der Waals surface area contributed by atoms with Crippen LogP contribution in [0.5, 0.6) is 0 Å². The average Bonchev–Trinajstić information content (AvgIpc) is 2.13. The Hall–Kier alpha value is -0.510. The number of carboxylic acid groups (broad SMARTS) is 1. The molecule has 0 aliphatic carbocycles. The fourth-order valence-corrected chi connectivity index (χ4v) is 1.72. The van der Waals surface area contributed by atoms with E-state index in [4.69, 9.17) is 5.11 Å². The van der Waals surface area contributed by atoms with Gasteiger partial charge in [0.25, 0.3) is 6.04 Å². The zero-order valence-electron chi connectivity index (χ0n) is 5.07. The Bertz CT molecular complexity index is 166. The Labute approximate surface area is 57.4 Å². The van der Waals surface area contributed by atoms with Gasteiger partial charge in [-0.1, -0.05) is 11.8 Å². The van der Waals surface area contributed by atoms with Gasteiger partial charge in [-0.2, -0.15) is 0 Å². The first-order valence-corrected chi connectivity index (χ1v) is 3.66. The molecule has 0 radical (unpaired) electrons. The lowest BCUT2D eigenvalue weighted by atomic mass is 10.3. The molecule has 0 saturated carbocycles. The maximum atomic E-state index is 10.3. The van der Waals surface area contributed by atoms with Crippen molar-refractivity contribution in [1.82, 2.24) is 0 Å². The summed E-state index contributed by atoms with van der Waals surface area (Å²) in [4.78, 5) is 10.3. The van der Waals surface area contributed by atoms with Crippen molar-refractivity contribution in [2.45, 2.75) is 6.04 Å². The Morgan fingerprint density at radius 1 is 2.00 bits per heavy atom. The molecule has 1 aliphatic heterocycles. The maximum Gasteiger partial charge on any atom is 0.373 e. The number of thioether (sulfide) groups is 1. The van der Waals surface area contributed by atoms with Gasteiger partial charge in [0.2, 0.25) is 0 Å². The summed E-state index contributed by atoms with van der Waals surface area (Å²) in [5, 5.41) is 8.51. The molecular formula is C5H8NO2S+. The topological polar surface area (TPSA) is 40.3 Å². The van der Waals surface area contributed by atoms with Crippen molar-refractivity contribution < 1.29 is 14.5 Å². The molecule has 0 bridgehead atoms. The van der Waals surface area contributed by atoms with Gasteiger partial charge in [0.05, 0.1) is 5.75 Å². The summed E-state index contributed by atoms with van der Waals surface area (Å²) in [7, 11) is 1.78. The normalized spacial score (nSPS) is 25.9. The van der Waals surface area contributed by atoms with Gasteiger partial charge in [0, 0.05) is 0 Å². The molecule has 0 spiro atoms. The third-order valence-electron chi connectivity index (χ3n) is 1.27. The van der Waals surface area contributed by atoms with E-state index in [9.17, 15) is 4.79 Å². The fourth-order valence-electron chi connectivity index (χ4n) is 0.688. The van der Waals surface area contributed by atoms with E-state index in [0.29, 0.717) is 5.75 Å². The van der Waals surface area contributed by atoms with Gasteiger partial charge in [-0.15, -0.1) is 0 Å². The first kappa shape index (κ1) is 6.61. The van der Waals surface area contributed by atoms with E-state index >= 15 is 0 Å². The zero-order valence-corrected chi connectivity index (χ0v) is 5.89. The van der Waals surface area contributed by atoms with Gasteiger partial charge >= 0.3 is 5.97 Å². The molecule has 0 aromatic carbocycles. The molecule has 1 atom stereocenters. The minimum absolute atomic E-state index is 0.310. The van der Waals surface area contributed by atoms with E-state index in [1.807, 2.05) is 5.55 Å². The van der Waals surface area contributed by atoms with Crippen LogP contribution in [0.4, 0.5) is 0 Å². The lowest BCUT2D eigenvalue weighted by molar-refractivity contribution is -0.510. The maximum absolute atomic E-state index is 10.3. The van der Waals surface area contributed by atoms with Gasteiger partial charge in [-0.25, -0.2) is 9.37 Å². The summed E-state index contributed by atoms with van der Waals surface area (Å²) in [6, 6.07) is -0.310. The van der Waals surface area contributed by atoms with Crippen molar-refractivity contribution in [2.75, 3.05) is 12.8 Å². The second-order valence-corrected chi connectivity index (χ2v) is 2.84. The molecule has 1 heterocycles. The highest BCUT2D eigenvalue weighted by Crippen LogP contribution is 2.09. The van der Waals surface area contributed by atoms with Crippen molar-refractivity contribution in [2.24, 2.45) is 0 Å². The Morgan fingerprint density at radius 2 is 2.67 bits per heavy atom. The van der Waals surface area contributed by atoms with Crippen molar-refractivity contribution in [3.05, 3.63) is 0 Å². The number of carbonyl (C=O) groups is 1. The number of likely N-dealkylation sites (N-methyl/N-ethyl adjacent to an activating group) is 1. The molecule has 9 heavy (non-hydrogen) atoms. The molecule has 4 heteroatoms. The number of rotatable bonds is 1. The molecule has 3 nitrogen and oxygen atoms in total. The SMILES string of the molecule is C[N+]1=CSCC1C(=O)O. The van der Waals surface area contributed by atoms with Crippen molar-refractivity contribution >= 4 is 23.3 Å². The molecule has 0 aromatic rings. The molecule has 1 aliphatic rings. The fraction of sp³-hybridized carbons (Fsp3) is 0.600. The first-order valence-electron chi connectivity index (χ1n) is 2.61. The number of carboxylic acids is 1. The number of nitrogens with zero attached hydrogens (tertiary/aromatic N) is 1. The molecule has 1 unspecified atom stereocenters. The highest BCUT2D eigenvalue weighted by Gasteiger charge is 2.30. The standard InChI is InChI=1S/C5H7NO2S/c1-6-3-9-2-4(6)5(7)8/h3-4H,2H2,1H3/p+1. The number of hydrogen-bond donors (Lipinski definition) is 1. The van der Waals surface area contributed by atoms with Gasteiger partial charge in [0.15, 0.2) is 5.55 Å². The van der Waals surface area contributed by atoms with Gasteiger partial charge < -0.3 is 5.11 Å². The second kappa shape index (κ2) is 2.39. The van der Waals surface area contributed by atoms with Crippen LogP contribution in [-0.2, 0) is 4.79 Å². The van der Waals surface area contributed by atoms with Crippen LogP contribution in [-0.4, -0.2) is 40.0 Å². The number of hydrogen-bond acceptors (Lipinski definition) is 2. The van der Waals surface area contributed by atoms with Crippen molar-refractivity contribution in [3.8, 4) is 0 Å². The highest BCUT2D eigenvalue weighted by atomic mass is 32.2. The smallest absolute Gasteiger partial charge is 0.373 e. The van der Waals surface area contributed by atoms with E-state index < -0.39 is 5.97 Å². The van der Waals surface area contributed by atoms with Crippen LogP contribution < -0.4 is 0 Å². The molecular weight excluding hydrogens is 138 g/mol. The molecule has 1 rings (SSSR count). The predicted octanol–water partition coefficient (Wildman–Crippen LogP) is -0.143. The van der Waals surface area contributed by atoms with E-state index in [1.165, 1.54) is 11.8 Å². The second-order valence-electron chi connectivity index (χ2n) is 1.96. The van der Waals surface area contributed by atoms with Crippen molar-refractivity contribution in [3.63, 3.8) is 0 Å². The van der Waals surface area contributed by atoms with Crippen LogP contribution in [0.25, 0.3) is 0 Å². The van der Waals surface area contributed by atoms with Crippen LogP contribution in [0, 0.1) is 0 Å². The van der Waals surface area contributed by atoms with Gasteiger partial charge in [-0.05, 0) is 0 Å². The average molecular weight is 146 g/mol. The molecule has 1 N–H and O–H groups in total. The highest BCUT2D eigenvalue weighted by molar-refractivity contribution is 8.12. The largest absolute Gasteiger partial charge is 0.476 e. The Balaban J connectivity index is 2.63. The van der Waals surface area contributed by atoms with Crippen LogP contribution in [0.15, 0.2) is 0 Å².